The standard InChI is InChI=1S/H2O3S.O/c1-4(2)3;/h(H2,1,2,3);/q;+2/p-2. The van der Waals surface area contributed by atoms with Crippen molar-refractivity contribution < 1.29 is 18.8 Å². The maximum Gasteiger partial charge on any atom is 2.00 e. The van der Waals surface area contributed by atoms with Gasteiger partial charge < -0.3 is 9.11 Å². The highest BCUT2D eigenvalue weighted by Gasteiger charge is 2.00. The van der Waals surface area contributed by atoms with Crippen LogP contribution < -0.4 is 0 Å². The van der Waals surface area contributed by atoms with Gasteiger partial charge in [0.05, 0.1) is 0 Å². The molecule has 0 rings (SSSR count). The van der Waals surface area contributed by atoms with Crippen LogP contribution in [0.25, 0.3) is 0 Å². The van der Waals surface area contributed by atoms with Gasteiger partial charge in [-0.3, -0.25) is 4.21 Å². The van der Waals surface area contributed by atoms with Crippen molar-refractivity contribution in [2.45, 2.75) is 0 Å². The van der Waals surface area contributed by atoms with Gasteiger partial charge in [-0.05, 0) is 0 Å². The first kappa shape index (κ1) is 8.90. The smallest absolute Gasteiger partial charge is 0.784 e. The van der Waals surface area contributed by atoms with Crippen LogP contribution in [0.1, 0.15) is 0 Å². The van der Waals surface area contributed by atoms with E-state index in [4.69, 9.17) is 13.3 Å². The van der Waals surface area contributed by atoms with Crippen LogP contribution in [0, 0.1) is 0 Å². The maximum atomic E-state index is 8.44. The lowest BCUT2D eigenvalue weighted by Gasteiger charge is -2.03. The van der Waals surface area contributed by atoms with Crippen LogP contribution in [-0.4, -0.2) is 13.3 Å². The normalized spacial score (nSPS) is 7.00. The molecule has 0 aromatic rings. The van der Waals surface area contributed by atoms with Gasteiger partial charge in [-0.2, -0.15) is 0 Å². The average molecular weight is 96.1 g/mol. The number of hydrogen-bond acceptors (Lipinski definition) is 3. The van der Waals surface area contributed by atoms with E-state index in [9.17, 15) is 0 Å². The zero-order valence-electron chi connectivity index (χ0n) is 2.04. The predicted molar refractivity (Wildman–Crippen MR) is 10.4 cm³/mol. The highest BCUT2D eigenvalue weighted by molar-refractivity contribution is 7.72. The van der Waals surface area contributed by atoms with Gasteiger partial charge in [-0.25, -0.2) is 0 Å². The first-order valence-corrected chi connectivity index (χ1v) is 1.50. The molecule has 0 amide bonds. The average Bonchev–Trinajstić information content (AvgIpc) is 0.811. The zero-order chi connectivity index (χ0) is 3.58. The Hall–Kier alpha value is 0.0300. The van der Waals surface area contributed by atoms with Gasteiger partial charge in [0.2, 0.25) is 0 Å². The summed E-state index contributed by atoms with van der Waals surface area (Å²) in [6.45, 7) is 0. The first-order valence-electron chi connectivity index (χ1n) is 0.500. The van der Waals surface area contributed by atoms with Crippen molar-refractivity contribution in [2.24, 2.45) is 0 Å². The molecule has 30 valence electrons. The van der Waals surface area contributed by atoms with E-state index < -0.39 is 11.4 Å². The van der Waals surface area contributed by atoms with E-state index in [2.05, 4.69) is 0 Å². The van der Waals surface area contributed by atoms with E-state index in [1.165, 1.54) is 0 Å². The van der Waals surface area contributed by atoms with E-state index in [-0.39, 0.29) is 5.48 Å². The third-order valence-corrected chi connectivity index (χ3v) is 0. The minimum Gasteiger partial charge on any atom is -0.784 e. The lowest BCUT2D eigenvalue weighted by molar-refractivity contribution is 0.419. The summed E-state index contributed by atoms with van der Waals surface area (Å²) in [4.78, 5) is 0. The van der Waals surface area contributed by atoms with Crippen LogP contribution in [0.15, 0.2) is 0 Å². The summed E-state index contributed by atoms with van der Waals surface area (Å²) in [5.41, 5.74) is 0. The summed E-state index contributed by atoms with van der Waals surface area (Å²) < 4.78 is 25.3. The van der Waals surface area contributed by atoms with Gasteiger partial charge >= 0.3 is 5.48 Å². The van der Waals surface area contributed by atoms with E-state index in [1.807, 2.05) is 0 Å². The van der Waals surface area contributed by atoms with Gasteiger partial charge in [0.1, 0.15) is 0 Å². The maximum absolute atomic E-state index is 8.44. The SMILES string of the molecule is O=S([O-])[O-].[O+2]. The minimum absolute atomic E-state index is 0. The van der Waals surface area contributed by atoms with E-state index in [0.29, 0.717) is 0 Å². The quantitative estimate of drug-likeness (QED) is 0.357. The molecule has 0 aromatic carbocycles. The molecule has 0 spiro atoms. The second-order valence-corrected chi connectivity index (χ2v) is 0.612. The molecule has 0 heterocycles. The molecule has 0 aliphatic heterocycles. The molecule has 0 N–H and O–H groups in total. The van der Waals surface area contributed by atoms with Crippen molar-refractivity contribution in [3.05, 3.63) is 0 Å². The van der Waals surface area contributed by atoms with Gasteiger partial charge in [-0.15, -0.1) is 11.4 Å². The Morgan fingerprint density at radius 1 is 1.40 bits per heavy atom. The highest BCUT2D eigenvalue weighted by atomic mass is 32.2. The topological polar surface area (TPSA) is 91.7 Å². The first-order chi connectivity index (χ1) is 1.73. The van der Waals surface area contributed by atoms with Crippen molar-refractivity contribution in [3.63, 3.8) is 0 Å². The van der Waals surface area contributed by atoms with E-state index in [0.717, 1.165) is 0 Å². The fraction of sp³-hybridized carbons (Fsp3) is 0. The molecule has 5 heteroatoms. The summed E-state index contributed by atoms with van der Waals surface area (Å²) in [7, 11) is 0. The summed E-state index contributed by atoms with van der Waals surface area (Å²) in [5, 5.41) is 0. The van der Waals surface area contributed by atoms with Crippen molar-refractivity contribution in [2.75, 3.05) is 0 Å². The molecule has 0 bridgehead atoms. The second kappa shape index (κ2) is 4.03. The summed E-state index contributed by atoms with van der Waals surface area (Å²) in [6.07, 6.45) is 0. The third-order valence-electron chi connectivity index (χ3n) is 0. The van der Waals surface area contributed by atoms with Gasteiger partial charge in [-0.1, -0.05) is 0 Å². The Balaban J connectivity index is 0. The van der Waals surface area contributed by atoms with E-state index in [1.54, 1.807) is 0 Å². The molecule has 0 aliphatic carbocycles. The molecular formula is O4S. The van der Waals surface area contributed by atoms with Crippen LogP contribution in [0.3, 0.4) is 0 Å². The Labute approximate surface area is 31.2 Å². The van der Waals surface area contributed by atoms with Crippen molar-refractivity contribution in [1.29, 1.82) is 0 Å². The Kier molecular flexibility index (Phi) is 7.17. The Bertz CT molecular complexity index is 26.6. The van der Waals surface area contributed by atoms with Gasteiger partial charge in [0.15, 0.2) is 0 Å². The van der Waals surface area contributed by atoms with E-state index >= 15 is 0 Å². The van der Waals surface area contributed by atoms with Crippen LogP contribution >= 0.6 is 0 Å². The fourth-order valence-corrected chi connectivity index (χ4v) is 0. The molecule has 0 saturated carbocycles. The molecule has 4 nitrogen and oxygen atoms in total. The van der Waals surface area contributed by atoms with Crippen molar-refractivity contribution >= 4 is 11.4 Å². The van der Waals surface area contributed by atoms with Gasteiger partial charge in [0, 0.05) is 0 Å². The molecule has 4 radical (unpaired) electrons. The lowest BCUT2D eigenvalue weighted by Crippen LogP contribution is -1.76. The third kappa shape index (κ3) is 18500. The second-order valence-electron chi connectivity index (χ2n) is 0.204. The minimum atomic E-state index is -3.11. The number of hydrogen-bond donors (Lipinski definition) is 0. The summed E-state index contributed by atoms with van der Waals surface area (Å²) in [5.74, 6) is 0. The molecule has 0 saturated heterocycles. The Morgan fingerprint density at radius 2 is 1.40 bits per heavy atom. The molecule has 0 aromatic heterocycles. The molecule has 5 heavy (non-hydrogen) atoms. The molecular weight excluding hydrogens is 96.1 g/mol. The largest absolute Gasteiger partial charge is 2.00 e. The van der Waals surface area contributed by atoms with Crippen LogP contribution in [-0.2, 0) is 16.8 Å². The predicted octanol–water partition coefficient (Wildman–Crippen LogP) is -1.12. The molecule has 0 aliphatic rings. The van der Waals surface area contributed by atoms with Gasteiger partial charge in [0.25, 0.3) is 0 Å². The van der Waals surface area contributed by atoms with Crippen LogP contribution in [0.2, 0.25) is 0 Å². The number of rotatable bonds is 0. The molecule has 0 unspecified atom stereocenters. The molecule has 0 fully saturated rings. The fourth-order valence-electron chi connectivity index (χ4n) is 0. The summed E-state index contributed by atoms with van der Waals surface area (Å²) >= 11 is -3.11. The Morgan fingerprint density at radius 3 is 1.40 bits per heavy atom. The molecule has 0 atom stereocenters. The monoisotopic (exact) mass is 96.0 g/mol. The summed E-state index contributed by atoms with van der Waals surface area (Å²) in [6, 6.07) is 0. The van der Waals surface area contributed by atoms with Crippen molar-refractivity contribution in [3.8, 4) is 0 Å². The van der Waals surface area contributed by atoms with Crippen LogP contribution in [0.4, 0.5) is 0 Å². The van der Waals surface area contributed by atoms with Crippen LogP contribution in [0.5, 0.6) is 0 Å². The zero-order valence-corrected chi connectivity index (χ0v) is 2.86. The highest BCUT2D eigenvalue weighted by Crippen LogP contribution is 1.42. The van der Waals surface area contributed by atoms with Crippen molar-refractivity contribution in [1.82, 2.24) is 0 Å². The lowest BCUT2D eigenvalue weighted by atomic mass is 15.8.